The van der Waals surface area contributed by atoms with E-state index < -0.39 is 11.9 Å². The zero-order chi connectivity index (χ0) is 24.4. The second-order valence-electron chi connectivity index (χ2n) is 8.70. The van der Waals surface area contributed by atoms with Crippen LogP contribution in [0.2, 0.25) is 0 Å². The zero-order valence-electron chi connectivity index (χ0n) is 19.0. The van der Waals surface area contributed by atoms with E-state index in [0.29, 0.717) is 35.1 Å². The molecule has 1 saturated heterocycles. The second-order valence-corrected chi connectivity index (χ2v) is 8.70. The van der Waals surface area contributed by atoms with Gasteiger partial charge in [0.1, 0.15) is 29.8 Å². The van der Waals surface area contributed by atoms with Crippen LogP contribution < -0.4 is 20.1 Å². The number of imide groups is 1. The summed E-state index contributed by atoms with van der Waals surface area (Å²) < 4.78 is 11.7. The van der Waals surface area contributed by atoms with Crippen LogP contribution in [0.4, 0.5) is 5.69 Å². The first-order chi connectivity index (χ1) is 17.0. The number of ether oxygens (including phenoxy) is 2. The van der Waals surface area contributed by atoms with Crippen LogP contribution in [-0.2, 0) is 16.1 Å². The highest BCUT2D eigenvalue weighted by Gasteiger charge is 2.40. The minimum atomic E-state index is -0.690. The average molecular weight is 476 g/mol. The Morgan fingerprint density at radius 3 is 2.66 bits per heavy atom. The van der Waals surface area contributed by atoms with Gasteiger partial charge in [-0.3, -0.25) is 19.7 Å². The molecule has 0 bridgehead atoms. The molecule has 2 aliphatic heterocycles. The van der Waals surface area contributed by atoms with E-state index in [0.717, 1.165) is 24.3 Å². The van der Waals surface area contributed by atoms with Crippen LogP contribution in [0.5, 0.6) is 11.5 Å². The van der Waals surface area contributed by atoms with Crippen molar-refractivity contribution in [3.63, 3.8) is 0 Å². The molecule has 1 unspecified atom stereocenters. The van der Waals surface area contributed by atoms with E-state index in [2.05, 4.69) is 15.7 Å². The van der Waals surface area contributed by atoms with Gasteiger partial charge in [0.15, 0.2) is 0 Å². The van der Waals surface area contributed by atoms with Crippen molar-refractivity contribution in [2.75, 3.05) is 11.9 Å². The Morgan fingerprint density at radius 2 is 1.94 bits per heavy atom. The molecule has 180 valence electrons. The molecule has 10 nitrogen and oxygen atoms in total. The molecule has 2 aromatic rings. The van der Waals surface area contributed by atoms with Crippen molar-refractivity contribution in [3.8, 4) is 11.5 Å². The molecule has 3 amide bonds. The van der Waals surface area contributed by atoms with Crippen molar-refractivity contribution in [2.24, 2.45) is 5.11 Å². The minimum Gasteiger partial charge on any atom is -0.490 e. The first kappa shape index (κ1) is 22.6. The number of fused-ring (bicyclic) bond motifs is 1. The summed E-state index contributed by atoms with van der Waals surface area (Å²) in [5.74, 6) is 0.267. The van der Waals surface area contributed by atoms with Crippen molar-refractivity contribution >= 4 is 23.4 Å². The third kappa shape index (κ3) is 5.01. The summed E-state index contributed by atoms with van der Waals surface area (Å²) in [6.45, 7) is 0.226. The smallest absolute Gasteiger partial charge is 0.255 e. The van der Waals surface area contributed by atoms with E-state index in [1.54, 1.807) is 24.4 Å². The summed E-state index contributed by atoms with van der Waals surface area (Å²) in [7, 11) is 0. The lowest BCUT2D eigenvalue weighted by Gasteiger charge is -2.29. The predicted octanol–water partition coefficient (Wildman–Crippen LogP) is 3.35. The molecular formula is C25H25N5O5. The highest BCUT2D eigenvalue weighted by molar-refractivity contribution is 6.05. The Balaban J connectivity index is 1.22. The van der Waals surface area contributed by atoms with E-state index in [9.17, 15) is 14.4 Å². The van der Waals surface area contributed by atoms with Gasteiger partial charge in [-0.2, -0.15) is 5.11 Å². The molecule has 3 N–H and O–H groups in total. The van der Waals surface area contributed by atoms with Gasteiger partial charge in [-0.25, -0.2) is 5.53 Å². The van der Waals surface area contributed by atoms with Gasteiger partial charge in [0.25, 0.3) is 5.91 Å². The Hall–Kier alpha value is -4.21. The van der Waals surface area contributed by atoms with Crippen molar-refractivity contribution in [2.45, 2.75) is 44.4 Å². The number of hydrogen-bond donors (Lipinski definition) is 3. The molecule has 3 aliphatic rings. The molecule has 2 aromatic carbocycles. The van der Waals surface area contributed by atoms with Crippen LogP contribution in [0.25, 0.3) is 0 Å². The maximum Gasteiger partial charge on any atom is 0.255 e. The quantitative estimate of drug-likeness (QED) is 0.376. The van der Waals surface area contributed by atoms with E-state index in [-0.39, 0.29) is 31.4 Å². The summed E-state index contributed by atoms with van der Waals surface area (Å²) in [4.78, 5) is 38.2. The van der Waals surface area contributed by atoms with Crippen molar-refractivity contribution in [1.29, 1.82) is 5.53 Å². The van der Waals surface area contributed by atoms with Gasteiger partial charge >= 0.3 is 0 Å². The molecule has 10 heteroatoms. The number of rotatable bonds is 9. The molecule has 1 aliphatic carbocycles. The topological polar surface area (TPSA) is 133 Å². The zero-order valence-corrected chi connectivity index (χ0v) is 19.0. The van der Waals surface area contributed by atoms with Gasteiger partial charge in [0, 0.05) is 29.4 Å². The second kappa shape index (κ2) is 9.57. The predicted molar refractivity (Wildman–Crippen MR) is 125 cm³/mol. The minimum absolute atomic E-state index is 0.0163. The van der Waals surface area contributed by atoms with Gasteiger partial charge in [-0.05, 0) is 55.7 Å². The van der Waals surface area contributed by atoms with Gasteiger partial charge in [-0.1, -0.05) is 6.07 Å². The highest BCUT2D eigenvalue weighted by atomic mass is 16.5. The van der Waals surface area contributed by atoms with Crippen molar-refractivity contribution in [3.05, 3.63) is 65.5 Å². The lowest BCUT2D eigenvalue weighted by Crippen LogP contribution is -2.52. The first-order valence-corrected chi connectivity index (χ1v) is 11.5. The van der Waals surface area contributed by atoms with Gasteiger partial charge in [0.05, 0.1) is 12.6 Å². The summed E-state index contributed by atoms with van der Waals surface area (Å²) in [6.07, 6.45) is 4.63. The fraction of sp³-hybridized carbons (Fsp3) is 0.320. The molecule has 0 aromatic heterocycles. The van der Waals surface area contributed by atoms with Gasteiger partial charge < -0.3 is 19.7 Å². The van der Waals surface area contributed by atoms with E-state index >= 15 is 0 Å². The number of benzene rings is 2. The Labute approximate surface area is 201 Å². The SMILES string of the molecule is N=N/C(=C\Nc1ccc(OC2CC2)cc1)COc1cccc2c1CN(C1CCC(=O)NC1=O)C2=O. The van der Waals surface area contributed by atoms with Gasteiger partial charge in [0.2, 0.25) is 11.8 Å². The van der Waals surface area contributed by atoms with E-state index in [1.807, 2.05) is 24.3 Å². The maximum atomic E-state index is 12.9. The monoisotopic (exact) mass is 475 g/mol. The molecule has 0 spiro atoms. The summed E-state index contributed by atoms with van der Waals surface area (Å²) >= 11 is 0. The standard InChI is InChI=1S/C25H25N5O5/c26-29-16(12-27-15-4-6-17(7-5-15)35-18-8-9-18)14-34-22-3-1-2-19-20(22)13-30(25(19)33)21-10-11-23(31)28-24(21)32/h1-7,12,18,21,26-27H,8-11,13-14H2,(H,28,31,32)/b16-12-,29-26?. The number of piperidine rings is 1. The van der Waals surface area contributed by atoms with Crippen molar-refractivity contribution in [1.82, 2.24) is 10.2 Å². The Bertz CT molecular complexity index is 1210. The largest absolute Gasteiger partial charge is 0.490 e. The molecule has 1 saturated carbocycles. The molecule has 1 atom stereocenters. The van der Waals surface area contributed by atoms with Gasteiger partial charge in [-0.15, -0.1) is 0 Å². The average Bonchev–Trinajstić information content (AvgIpc) is 3.61. The van der Waals surface area contributed by atoms with Crippen LogP contribution in [0.1, 0.15) is 41.6 Å². The third-order valence-electron chi connectivity index (χ3n) is 6.15. The number of nitrogens with one attached hydrogen (secondary N) is 3. The van der Waals surface area contributed by atoms with Crippen LogP contribution in [0, 0.1) is 5.53 Å². The summed E-state index contributed by atoms with van der Waals surface area (Å²) in [5.41, 5.74) is 9.79. The van der Waals surface area contributed by atoms with E-state index in [1.165, 1.54) is 4.90 Å². The highest BCUT2D eigenvalue weighted by Crippen LogP contribution is 2.34. The normalized spacial score (nSPS) is 19.8. The lowest BCUT2D eigenvalue weighted by atomic mass is 10.0. The molecule has 0 radical (unpaired) electrons. The number of anilines is 1. The fourth-order valence-corrected chi connectivity index (χ4v) is 4.13. The summed E-state index contributed by atoms with van der Waals surface area (Å²) in [5, 5.41) is 8.93. The number of amides is 3. The Morgan fingerprint density at radius 1 is 1.14 bits per heavy atom. The number of carbonyl (C=O) groups is 3. The molecule has 2 heterocycles. The molecule has 5 rings (SSSR count). The summed E-state index contributed by atoms with van der Waals surface area (Å²) in [6, 6.07) is 12.0. The maximum absolute atomic E-state index is 12.9. The number of nitrogens with zero attached hydrogens (tertiary/aromatic N) is 2. The molecule has 35 heavy (non-hydrogen) atoms. The van der Waals surface area contributed by atoms with Crippen LogP contribution in [-0.4, -0.2) is 41.4 Å². The third-order valence-corrected chi connectivity index (χ3v) is 6.15. The first-order valence-electron chi connectivity index (χ1n) is 11.5. The lowest BCUT2D eigenvalue weighted by molar-refractivity contribution is -0.136. The van der Waals surface area contributed by atoms with Crippen molar-refractivity contribution < 1.29 is 23.9 Å². The molecular weight excluding hydrogens is 450 g/mol. The van der Waals surface area contributed by atoms with Crippen LogP contribution >= 0.6 is 0 Å². The van der Waals surface area contributed by atoms with Crippen LogP contribution in [0.3, 0.4) is 0 Å². The molecule has 2 fully saturated rings. The number of carbonyl (C=O) groups excluding carboxylic acids is 3. The van der Waals surface area contributed by atoms with E-state index in [4.69, 9.17) is 15.0 Å². The van der Waals surface area contributed by atoms with Crippen LogP contribution in [0.15, 0.2) is 59.5 Å². The Kier molecular flexibility index (Phi) is 6.17. The number of hydrogen-bond acceptors (Lipinski definition) is 8. The fourth-order valence-electron chi connectivity index (χ4n) is 4.13.